The summed E-state index contributed by atoms with van der Waals surface area (Å²) in [6.45, 7) is 9.81. The second kappa shape index (κ2) is 5.25. The van der Waals surface area contributed by atoms with Crippen molar-refractivity contribution in [1.29, 1.82) is 0 Å². The molecule has 0 saturated heterocycles. The van der Waals surface area contributed by atoms with Crippen LogP contribution in [0, 0.1) is 6.92 Å². The van der Waals surface area contributed by atoms with Crippen molar-refractivity contribution in [3.8, 4) is 0 Å². The fourth-order valence-electron chi connectivity index (χ4n) is 2.10. The van der Waals surface area contributed by atoms with E-state index in [-0.39, 0.29) is 5.63 Å². The molecule has 0 spiro atoms. The Morgan fingerprint density at radius 1 is 1.22 bits per heavy atom. The first-order valence-electron chi connectivity index (χ1n) is 6.30. The summed E-state index contributed by atoms with van der Waals surface area (Å²) in [5, 5.41) is 0.948. The number of anilines is 1. The third kappa shape index (κ3) is 2.26. The molecule has 0 amide bonds. The summed E-state index contributed by atoms with van der Waals surface area (Å²) in [6.07, 6.45) is 0.454. The summed E-state index contributed by atoms with van der Waals surface area (Å²) in [7, 11) is 0. The third-order valence-corrected chi connectivity index (χ3v) is 3.19. The van der Waals surface area contributed by atoms with E-state index < -0.39 is 0 Å². The highest BCUT2D eigenvalue weighted by Crippen LogP contribution is 2.21. The number of fused-ring (bicyclic) bond motifs is 1. The van der Waals surface area contributed by atoms with E-state index in [1.807, 2.05) is 18.2 Å². The van der Waals surface area contributed by atoms with Gasteiger partial charge in [0.15, 0.2) is 0 Å². The van der Waals surface area contributed by atoms with Crippen molar-refractivity contribution in [2.24, 2.45) is 0 Å². The quantitative estimate of drug-likeness (QED) is 0.775. The molecule has 3 nitrogen and oxygen atoms in total. The first-order valence-corrected chi connectivity index (χ1v) is 6.30. The molecule has 1 aromatic heterocycles. The van der Waals surface area contributed by atoms with Crippen molar-refractivity contribution < 1.29 is 4.42 Å². The summed E-state index contributed by atoms with van der Waals surface area (Å²) in [5.74, 6) is 0. The average molecular weight is 244 g/mol. The largest absolute Gasteiger partial charge is 0.422 e. The normalized spacial score (nSPS) is 10.8. The number of benzene rings is 1. The van der Waals surface area contributed by atoms with Gasteiger partial charge in [-0.25, -0.2) is 4.79 Å². The van der Waals surface area contributed by atoms with Crippen molar-refractivity contribution >= 4 is 16.7 Å². The number of rotatable bonds is 4. The maximum absolute atomic E-state index is 11.7. The average Bonchev–Trinajstić information content (AvgIpc) is 2.39. The maximum atomic E-state index is 11.7. The van der Waals surface area contributed by atoms with E-state index in [9.17, 15) is 4.79 Å². The molecule has 0 aliphatic heterocycles. The number of nitrogens with zero attached hydrogens (tertiary/aromatic N) is 1. The van der Waals surface area contributed by atoms with E-state index in [0.29, 0.717) is 17.6 Å². The van der Waals surface area contributed by atoms with Gasteiger partial charge in [0.2, 0.25) is 0 Å². The first-order chi connectivity index (χ1) is 8.69. The standard InChI is InChI=1S/C15H18NO2/c1-4-11-9-12-7-8-13(16(5-2)6-3)10-14(12)18-15(11)17/h7-10H,1,4-6H2,2-3H3. The summed E-state index contributed by atoms with van der Waals surface area (Å²) >= 11 is 0. The van der Waals surface area contributed by atoms with Gasteiger partial charge in [0, 0.05) is 35.8 Å². The van der Waals surface area contributed by atoms with Crippen molar-refractivity contribution in [1.82, 2.24) is 0 Å². The van der Waals surface area contributed by atoms with Gasteiger partial charge in [0.1, 0.15) is 5.58 Å². The second-order valence-corrected chi connectivity index (χ2v) is 4.20. The van der Waals surface area contributed by atoms with Crippen LogP contribution < -0.4 is 10.5 Å². The van der Waals surface area contributed by atoms with Gasteiger partial charge in [-0.05, 0) is 45.4 Å². The van der Waals surface area contributed by atoms with Crippen LogP contribution in [0.4, 0.5) is 5.69 Å². The monoisotopic (exact) mass is 244 g/mol. The van der Waals surface area contributed by atoms with E-state index in [4.69, 9.17) is 4.42 Å². The lowest BCUT2D eigenvalue weighted by molar-refractivity contribution is 0.553. The summed E-state index contributed by atoms with van der Waals surface area (Å²) < 4.78 is 5.34. The minimum atomic E-state index is -0.283. The van der Waals surface area contributed by atoms with Crippen molar-refractivity contribution in [2.75, 3.05) is 18.0 Å². The van der Waals surface area contributed by atoms with Gasteiger partial charge in [-0.2, -0.15) is 0 Å². The van der Waals surface area contributed by atoms with E-state index in [1.165, 1.54) is 0 Å². The molecule has 0 atom stereocenters. The molecular weight excluding hydrogens is 226 g/mol. The number of hydrogen-bond acceptors (Lipinski definition) is 3. The molecule has 0 bridgehead atoms. The smallest absolute Gasteiger partial charge is 0.339 e. The van der Waals surface area contributed by atoms with Crippen molar-refractivity contribution in [2.45, 2.75) is 20.3 Å². The van der Waals surface area contributed by atoms with Gasteiger partial charge in [0.25, 0.3) is 0 Å². The van der Waals surface area contributed by atoms with Gasteiger partial charge in [0.05, 0.1) is 0 Å². The van der Waals surface area contributed by atoms with Crippen molar-refractivity contribution in [3.63, 3.8) is 0 Å². The molecule has 2 rings (SSSR count). The molecular formula is C15H18NO2. The summed E-state index contributed by atoms with van der Waals surface area (Å²) in [4.78, 5) is 13.9. The van der Waals surface area contributed by atoms with Gasteiger partial charge in [-0.1, -0.05) is 0 Å². The number of hydrogen-bond donors (Lipinski definition) is 0. The zero-order chi connectivity index (χ0) is 13.1. The Labute approximate surface area is 107 Å². The Bertz CT molecular complexity index is 597. The molecule has 2 aromatic rings. The highest BCUT2D eigenvalue weighted by atomic mass is 16.4. The fraction of sp³-hybridized carbons (Fsp3) is 0.333. The maximum Gasteiger partial charge on any atom is 0.339 e. The lowest BCUT2D eigenvalue weighted by atomic mass is 10.1. The molecule has 1 aromatic carbocycles. The molecule has 0 N–H and O–H groups in total. The Morgan fingerprint density at radius 3 is 2.56 bits per heavy atom. The Balaban J connectivity index is 2.55. The van der Waals surface area contributed by atoms with Crippen LogP contribution >= 0.6 is 0 Å². The van der Waals surface area contributed by atoms with Gasteiger partial charge in [-0.3, -0.25) is 0 Å². The summed E-state index contributed by atoms with van der Waals surface area (Å²) in [6, 6.07) is 7.84. The van der Waals surface area contributed by atoms with E-state index in [2.05, 4.69) is 31.7 Å². The van der Waals surface area contributed by atoms with Crippen LogP contribution in [0.1, 0.15) is 19.4 Å². The van der Waals surface area contributed by atoms with E-state index >= 15 is 0 Å². The molecule has 18 heavy (non-hydrogen) atoms. The Hall–Kier alpha value is -1.77. The molecule has 0 fully saturated rings. The first kappa shape index (κ1) is 12.7. The minimum absolute atomic E-state index is 0.283. The highest BCUT2D eigenvalue weighted by molar-refractivity contribution is 5.81. The second-order valence-electron chi connectivity index (χ2n) is 4.20. The molecule has 3 heteroatoms. The third-order valence-electron chi connectivity index (χ3n) is 3.19. The van der Waals surface area contributed by atoms with Crippen LogP contribution in [0.15, 0.2) is 33.5 Å². The minimum Gasteiger partial charge on any atom is -0.422 e. The molecule has 0 aliphatic carbocycles. The van der Waals surface area contributed by atoms with Crippen LogP contribution in [0.5, 0.6) is 0 Å². The Kier molecular flexibility index (Phi) is 3.70. The molecule has 95 valence electrons. The Morgan fingerprint density at radius 2 is 1.94 bits per heavy atom. The lowest BCUT2D eigenvalue weighted by Crippen LogP contribution is -2.21. The van der Waals surface area contributed by atoms with Crippen LogP contribution in [0.3, 0.4) is 0 Å². The van der Waals surface area contributed by atoms with Crippen molar-refractivity contribution in [3.05, 3.63) is 47.2 Å². The molecule has 1 radical (unpaired) electrons. The van der Waals surface area contributed by atoms with Gasteiger partial charge >= 0.3 is 5.63 Å². The molecule has 0 saturated carbocycles. The van der Waals surface area contributed by atoms with E-state index in [1.54, 1.807) is 0 Å². The van der Waals surface area contributed by atoms with E-state index in [0.717, 1.165) is 24.2 Å². The zero-order valence-corrected chi connectivity index (χ0v) is 10.9. The topological polar surface area (TPSA) is 33.5 Å². The molecule has 0 unspecified atom stereocenters. The zero-order valence-electron chi connectivity index (χ0n) is 10.9. The fourth-order valence-corrected chi connectivity index (χ4v) is 2.10. The van der Waals surface area contributed by atoms with Crippen LogP contribution in [0.25, 0.3) is 11.0 Å². The van der Waals surface area contributed by atoms with Crippen LogP contribution in [-0.2, 0) is 6.42 Å². The SMILES string of the molecule is [CH2]Cc1cc2ccc(N(CC)CC)cc2oc1=O. The predicted molar refractivity (Wildman–Crippen MR) is 75.1 cm³/mol. The molecule has 0 aliphatic rings. The molecule has 1 heterocycles. The van der Waals surface area contributed by atoms with Crippen LogP contribution in [-0.4, -0.2) is 13.1 Å². The summed E-state index contributed by atoms with van der Waals surface area (Å²) in [5.41, 5.74) is 2.06. The van der Waals surface area contributed by atoms with Crippen LogP contribution in [0.2, 0.25) is 0 Å². The highest BCUT2D eigenvalue weighted by Gasteiger charge is 2.07. The lowest BCUT2D eigenvalue weighted by Gasteiger charge is -2.20. The van der Waals surface area contributed by atoms with Gasteiger partial charge < -0.3 is 9.32 Å². The van der Waals surface area contributed by atoms with Gasteiger partial charge in [-0.15, -0.1) is 0 Å². The predicted octanol–water partition coefficient (Wildman–Crippen LogP) is 3.02.